The van der Waals surface area contributed by atoms with Crippen molar-refractivity contribution in [2.45, 2.75) is 6.42 Å². The van der Waals surface area contributed by atoms with Gasteiger partial charge in [-0.05, 0) is 0 Å². The Morgan fingerprint density at radius 3 is 2.76 bits per heavy atom. The van der Waals surface area contributed by atoms with Crippen LogP contribution in [0.4, 0.5) is 0 Å². The molecule has 3 rings (SSSR count). The number of aromatic nitrogens is 4. The van der Waals surface area contributed by atoms with Crippen molar-refractivity contribution in [2.75, 3.05) is 6.61 Å². The van der Waals surface area contributed by atoms with Crippen LogP contribution in [0.25, 0.3) is 16.9 Å². The Labute approximate surface area is 97.7 Å². The molecule has 0 aliphatic rings. The Hall–Kier alpha value is -2.14. The maximum absolute atomic E-state index is 8.83. The van der Waals surface area contributed by atoms with Gasteiger partial charge in [-0.2, -0.15) is 9.73 Å². The van der Waals surface area contributed by atoms with Crippen molar-refractivity contribution in [3.05, 3.63) is 42.2 Å². The molecule has 0 bridgehead atoms. The van der Waals surface area contributed by atoms with Gasteiger partial charge in [0.1, 0.15) is 5.82 Å². The van der Waals surface area contributed by atoms with Gasteiger partial charge >= 0.3 is 0 Å². The summed E-state index contributed by atoms with van der Waals surface area (Å²) in [7, 11) is 0. The van der Waals surface area contributed by atoms with Crippen molar-refractivity contribution in [3.8, 4) is 11.3 Å². The van der Waals surface area contributed by atoms with Gasteiger partial charge in [-0.1, -0.05) is 30.3 Å². The largest absolute Gasteiger partial charge is 0.396 e. The molecule has 0 atom stereocenters. The molecule has 0 saturated carbocycles. The topological polar surface area (TPSA) is 66.2 Å². The molecule has 2 heterocycles. The second kappa shape index (κ2) is 4.03. The first-order valence-electron chi connectivity index (χ1n) is 5.48. The van der Waals surface area contributed by atoms with Crippen LogP contribution in [0.15, 0.2) is 36.4 Å². The van der Waals surface area contributed by atoms with Crippen molar-refractivity contribution >= 4 is 5.65 Å². The lowest BCUT2D eigenvalue weighted by atomic mass is 10.2. The second-order valence-corrected chi connectivity index (χ2v) is 3.81. The molecule has 5 heteroatoms. The highest BCUT2D eigenvalue weighted by atomic mass is 16.3. The fraction of sp³-hybridized carbons (Fsp3) is 0.167. The minimum absolute atomic E-state index is 0.0855. The molecule has 0 spiro atoms. The van der Waals surface area contributed by atoms with Gasteiger partial charge in [0, 0.05) is 18.1 Å². The fourth-order valence-corrected chi connectivity index (χ4v) is 1.79. The molecule has 5 nitrogen and oxygen atoms in total. The van der Waals surface area contributed by atoms with Crippen LogP contribution in [0.5, 0.6) is 0 Å². The number of aliphatic hydroxyl groups excluding tert-OH is 1. The van der Waals surface area contributed by atoms with E-state index in [9.17, 15) is 0 Å². The first-order chi connectivity index (χ1) is 8.36. The van der Waals surface area contributed by atoms with Gasteiger partial charge < -0.3 is 5.11 Å². The number of aromatic amines is 1. The summed E-state index contributed by atoms with van der Waals surface area (Å²) in [6.45, 7) is 0.0855. The molecule has 2 N–H and O–H groups in total. The SMILES string of the molecule is OCCc1nc2cc(-c3ccccc3)nn2[nH]1. The Kier molecular flexibility index (Phi) is 2.38. The van der Waals surface area contributed by atoms with E-state index in [1.807, 2.05) is 36.4 Å². The summed E-state index contributed by atoms with van der Waals surface area (Å²) in [5.41, 5.74) is 2.72. The molecule has 0 aliphatic heterocycles. The standard InChI is InChI=1S/C12H12N4O/c17-7-6-11-13-12-8-10(14-16(12)15-11)9-4-2-1-3-5-9/h1-5,8,17H,6-7H2,(H,13,15). The molecule has 3 aromatic rings. The zero-order valence-electron chi connectivity index (χ0n) is 9.17. The van der Waals surface area contributed by atoms with Crippen LogP contribution < -0.4 is 0 Å². The minimum Gasteiger partial charge on any atom is -0.396 e. The van der Waals surface area contributed by atoms with E-state index < -0.39 is 0 Å². The zero-order chi connectivity index (χ0) is 11.7. The van der Waals surface area contributed by atoms with Crippen LogP contribution in [0.1, 0.15) is 5.82 Å². The number of benzene rings is 1. The molecule has 17 heavy (non-hydrogen) atoms. The predicted molar refractivity (Wildman–Crippen MR) is 63.6 cm³/mol. The highest BCUT2D eigenvalue weighted by Crippen LogP contribution is 2.18. The summed E-state index contributed by atoms with van der Waals surface area (Å²) in [4.78, 5) is 4.33. The number of hydrogen-bond donors (Lipinski definition) is 2. The molecule has 2 aromatic heterocycles. The molecule has 0 unspecified atom stereocenters. The smallest absolute Gasteiger partial charge is 0.176 e. The maximum Gasteiger partial charge on any atom is 0.176 e. The monoisotopic (exact) mass is 228 g/mol. The molecule has 86 valence electrons. The van der Waals surface area contributed by atoms with Crippen molar-refractivity contribution in [2.24, 2.45) is 0 Å². The third kappa shape index (κ3) is 1.81. The van der Waals surface area contributed by atoms with Crippen LogP contribution in [0.2, 0.25) is 0 Å². The Balaban J connectivity index is 2.01. The van der Waals surface area contributed by atoms with Gasteiger partial charge in [-0.3, -0.25) is 5.10 Å². The highest BCUT2D eigenvalue weighted by molar-refractivity contribution is 5.63. The molecule has 0 aliphatic carbocycles. The first-order valence-corrected chi connectivity index (χ1v) is 5.48. The molecule has 0 amide bonds. The van der Waals surface area contributed by atoms with Gasteiger partial charge in [-0.25, -0.2) is 4.98 Å². The van der Waals surface area contributed by atoms with E-state index in [1.165, 1.54) is 0 Å². The van der Waals surface area contributed by atoms with Gasteiger partial charge in [0.2, 0.25) is 0 Å². The lowest BCUT2D eigenvalue weighted by Gasteiger charge is -1.93. The van der Waals surface area contributed by atoms with E-state index in [2.05, 4.69) is 15.2 Å². The average molecular weight is 228 g/mol. The van der Waals surface area contributed by atoms with Crippen LogP contribution in [-0.2, 0) is 6.42 Å². The van der Waals surface area contributed by atoms with E-state index in [0.29, 0.717) is 6.42 Å². The lowest BCUT2D eigenvalue weighted by Crippen LogP contribution is -1.95. The predicted octanol–water partition coefficient (Wildman–Crippen LogP) is 1.26. The van der Waals surface area contributed by atoms with Gasteiger partial charge in [0.05, 0.1) is 12.3 Å². The molecule has 0 radical (unpaired) electrons. The fourth-order valence-electron chi connectivity index (χ4n) is 1.79. The van der Waals surface area contributed by atoms with Crippen LogP contribution in [0.3, 0.4) is 0 Å². The number of rotatable bonds is 3. The Morgan fingerprint density at radius 1 is 1.24 bits per heavy atom. The van der Waals surface area contributed by atoms with Crippen molar-refractivity contribution in [1.29, 1.82) is 0 Å². The summed E-state index contributed by atoms with van der Waals surface area (Å²) in [6, 6.07) is 11.9. The highest BCUT2D eigenvalue weighted by Gasteiger charge is 2.07. The second-order valence-electron chi connectivity index (χ2n) is 3.81. The third-order valence-corrected chi connectivity index (χ3v) is 2.59. The Morgan fingerprint density at radius 2 is 2.06 bits per heavy atom. The molecule has 0 fully saturated rings. The summed E-state index contributed by atoms with van der Waals surface area (Å²) in [5, 5.41) is 16.2. The van der Waals surface area contributed by atoms with Crippen molar-refractivity contribution < 1.29 is 5.11 Å². The maximum atomic E-state index is 8.83. The average Bonchev–Trinajstić information content (AvgIpc) is 2.88. The third-order valence-electron chi connectivity index (χ3n) is 2.59. The van der Waals surface area contributed by atoms with E-state index in [-0.39, 0.29) is 6.61 Å². The number of nitrogens with one attached hydrogen (secondary N) is 1. The summed E-state index contributed by atoms with van der Waals surface area (Å²) in [5.74, 6) is 0.745. The van der Waals surface area contributed by atoms with Crippen LogP contribution in [0, 0.1) is 0 Å². The molecule has 1 aromatic carbocycles. The number of nitrogens with zero attached hydrogens (tertiary/aromatic N) is 3. The normalized spacial score (nSPS) is 11.1. The first kappa shape index (κ1) is 10.0. The zero-order valence-corrected chi connectivity index (χ0v) is 9.17. The quantitative estimate of drug-likeness (QED) is 0.709. The van der Waals surface area contributed by atoms with E-state index in [0.717, 1.165) is 22.7 Å². The van der Waals surface area contributed by atoms with Gasteiger partial charge in [0.15, 0.2) is 5.65 Å². The van der Waals surface area contributed by atoms with Crippen molar-refractivity contribution in [3.63, 3.8) is 0 Å². The Bertz CT molecular complexity index is 595. The van der Waals surface area contributed by atoms with E-state index in [4.69, 9.17) is 5.11 Å². The summed E-state index contributed by atoms with van der Waals surface area (Å²) < 4.78 is 1.63. The lowest BCUT2D eigenvalue weighted by molar-refractivity contribution is 0.296. The van der Waals surface area contributed by atoms with Crippen molar-refractivity contribution in [1.82, 2.24) is 19.8 Å². The van der Waals surface area contributed by atoms with Gasteiger partial charge in [0.25, 0.3) is 0 Å². The number of hydrogen-bond acceptors (Lipinski definition) is 3. The van der Waals surface area contributed by atoms with E-state index in [1.54, 1.807) is 4.63 Å². The van der Waals surface area contributed by atoms with E-state index >= 15 is 0 Å². The number of H-pyrrole nitrogens is 1. The summed E-state index contributed by atoms with van der Waals surface area (Å²) >= 11 is 0. The van der Waals surface area contributed by atoms with Crippen LogP contribution in [-0.4, -0.2) is 31.5 Å². The summed E-state index contributed by atoms with van der Waals surface area (Å²) in [6.07, 6.45) is 0.518. The van der Waals surface area contributed by atoms with Crippen LogP contribution >= 0.6 is 0 Å². The number of aliphatic hydroxyl groups is 1. The number of fused-ring (bicyclic) bond motifs is 1. The molecule has 0 saturated heterocycles. The molecular formula is C12H12N4O. The molecular weight excluding hydrogens is 216 g/mol. The minimum atomic E-state index is 0.0855. The van der Waals surface area contributed by atoms with Gasteiger partial charge in [-0.15, -0.1) is 0 Å².